The van der Waals surface area contributed by atoms with Crippen LogP contribution in [0.4, 0.5) is 17.3 Å². The Bertz CT molecular complexity index is 979. The Hall–Kier alpha value is -2.73. The lowest BCUT2D eigenvalue weighted by atomic mass is 10.0. The Morgan fingerprint density at radius 3 is 2.86 bits per heavy atom. The van der Waals surface area contributed by atoms with Crippen LogP contribution in [0, 0.1) is 6.92 Å². The molecule has 0 fully saturated rings. The average Bonchev–Trinajstić information content (AvgIpc) is 2.65. The van der Waals surface area contributed by atoms with Gasteiger partial charge in [-0.2, -0.15) is 4.98 Å². The number of rotatable bonds is 6. The molecule has 1 atom stereocenters. The van der Waals surface area contributed by atoms with Crippen molar-refractivity contribution in [3.63, 3.8) is 0 Å². The number of nitrogens with zero attached hydrogens (tertiary/aromatic N) is 3. The fourth-order valence-corrected chi connectivity index (χ4v) is 3.51. The third-order valence-corrected chi connectivity index (χ3v) is 5.00. The van der Waals surface area contributed by atoms with E-state index in [1.165, 1.54) is 7.11 Å². The Morgan fingerprint density at radius 2 is 2.18 bits per heavy atom. The van der Waals surface area contributed by atoms with Crippen molar-refractivity contribution in [1.29, 1.82) is 0 Å². The van der Waals surface area contributed by atoms with Crippen molar-refractivity contribution < 1.29 is 4.74 Å². The second kappa shape index (κ2) is 8.52. The molecule has 28 heavy (non-hydrogen) atoms. The summed E-state index contributed by atoms with van der Waals surface area (Å²) in [5, 5.41) is 3.30. The highest BCUT2D eigenvalue weighted by Crippen LogP contribution is 2.28. The number of anilines is 3. The monoisotopic (exact) mass is 400 g/mol. The molecule has 148 valence electrons. The number of halogens is 1. The van der Waals surface area contributed by atoms with Crippen LogP contribution >= 0.6 is 11.6 Å². The third kappa shape index (κ3) is 4.39. The lowest BCUT2D eigenvalue weighted by Gasteiger charge is -2.21. The molecule has 0 aliphatic heterocycles. The minimum absolute atomic E-state index is 0.0235. The molecule has 1 unspecified atom stereocenters. The Balaban J connectivity index is 1.99. The zero-order valence-electron chi connectivity index (χ0n) is 16.6. The number of hydrogen-bond donors (Lipinski definition) is 1. The molecule has 1 N–H and O–H groups in total. The van der Waals surface area contributed by atoms with Crippen molar-refractivity contribution >= 4 is 28.9 Å². The van der Waals surface area contributed by atoms with Gasteiger partial charge in [-0.3, -0.25) is 4.79 Å². The van der Waals surface area contributed by atoms with Crippen LogP contribution in [-0.2, 0) is 6.54 Å². The summed E-state index contributed by atoms with van der Waals surface area (Å²) in [6.07, 6.45) is 8.41. The molecule has 0 saturated carbocycles. The minimum Gasteiger partial charge on any atom is -0.490 e. The van der Waals surface area contributed by atoms with Crippen LogP contribution in [0.25, 0.3) is 0 Å². The SMILES string of the molecule is COc1cn(CC2=CC=CC(Cl)C2)c(Nc2cccc(N(C)C)c2C)nc1=O. The summed E-state index contributed by atoms with van der Waals surface area (Å²) < 4.78 is 7.07. The van der Waals surface area contributed by atoms with E-state index in [0.717, 1.165) is 28.9 Å². The highest BCUT2D eigenvalue weighted by atomic mass is 35.5. The Labute approximate surface area is 170 Å². The number of benzene rings is 1. The van der Waals surface area contributed by atoms with Crippen LogP contribution in [0.2, 0.25) is 0 Å². The Morgan fingerprint density at radius 1 is 1.39 bits per heavy atom. The van der Waals surface area contributed by atoms with Gasteiger partial charge in [0.1, 0.15) is 0 Å². The van der Waals surface area contributed by atoms with Crippen LogP contribution in [0.3, 0.4) is 0 Å². The zero-order valence-corrected chi connectivity index (χ0v) is 17.3. The van der Waals surface area contributed by atoms with Gasteiger partial charge in [-0.15, -0.1) is 11.6 Å². The molecule has 7 heteroatoms. The smallest absolute Gasteiger partial charge is 0.316 e. The van der Waals surface area contributed by atoms with Gasteiger partial charge < -0.3 is 19.5 Å². The molecule has 1 aliphatic rings. The van der Waals surface area contributed by atoms with E-state index in [9.17, 15) is 4.79 Å². The number of ether oxygens (including phenoxy) is 1. The first kappa shape index (κ1) is 20.0. The van der Waals surface area contributed by atoms with Gasteiger partial charge in [-0.05, 0) is 36.6 Å². The van der Waals surface area contributed by atoms with E-state index in [4.69, 9.17) is 16.3 Å². The molecule has 6 nitrogen and oxygen atoms in total. The first-order valence-corrected chi connectivity index (χ1v) is 9.52. The van der Waals surface area contributed by atoms with E-state index < -0.39 is 5.56 Å². The molecule has 0 spiro atoms. The number of alkyl halides is 1. The van der Waals surface area contributed by atoms with Crippen molar-refractivity contribution in [2.75, 3.05) is 31.4 Å². The average molecular weight is 401 g/mol. The van der Waals surface area contributed by atoms with Crippen molar-refractivity contribution in [3.05, 3.63) is 64.1 Å². The maximum absolute atomic E-state index is 12.3. The topological polar surface area (TPSA) is 59.4 Å². The van der Waals surface area contributed by atoms with Crippen molar-refractivity contribution in [2.45, 2.75) is 25.3 Å². The molecule has 0 bridgehead atoms. The molecule has 3 rings (SSSR count). The molecule has 1 aliphatic carbocycles. The molecule has 0 radical (unpaired) electrons. The van der Waals surface area contributed by atoms with Crippen LogP contribution < -0.4 is 20.5 Å². The van der Waals surface area contributed by atoms with Crippen molar-refractivity contribution in [2.24, 2.45) is 0 Å². The van der Waals surface area contributed by atoms with Crippen molar-refractivity contribution in [3.8, 4) is 5.75 Å². The predicted octanol–water partition coefficient (Wildman–Crippen LogP) is 3.86. The highest BCUT2D eigenvalue weighted by molar-refractivity contribution is 6.22. The fourth-order valence-electron chi connectivity index (χ4n) is 3.23. The van der Waals surface area contributed by atoms with Crippen molar-refractivity contribution in [1.82, 2.24) is 9.55 Å². The van der Waals surface area contributed by atoms with E-state index in [-0.39, 0.29) is 11.1 Å². The van der Waals surface area contributed by atoms with Gasteiger partial charge in [-0.25, -0.2) is 0 Å². The highest BCUT2D eigenvalue weighted by Gasteiger charge is 2.15. The Kier molecular flexibility index (Phi) is 6.09. The molecule has 2 aromatic rings. The largest absolute Gasteiger partial charge is 0.490 e. The van der Waals surface area contributed by atoms with Gasteiger partial charge in [-0.1, -0.05) is 24.3 Å². The summed E-state index contributed by atoms with van der Waals surface area (Å²) in [5.41, 5.74) is 3.80. The fraction of sp³-hybridized carbons (Fsp3) is 0.333. The number of hydrogen-bond acceptors (Lipinski definition) is 5. The summed E-state index contributed by atoms with van der Waals surface area (Å²) in [6.45, 7) is 2.60. The first-order chi connectivity index (χ1) is 13.4. The third-order valence-electron chi connectivity index (χ3n) is 4.70. The summed E-state index contributed by atoms with van der Waals surface area (Å²) >= 11 is 6.25. The predicted molar refractivity (Wildman–Crippen MR) is 115 cm³/mol. The molecule has 1 aromatic heterocycles. The van der Waals surface area contributed by atoms with E-state index in [1.54, 1.807) is 6.20 Å². The number of aromatic nitrogens is 2. The first-order valence-electron chi connectivity index (χ1n) is 9.08. The summed E-state index contributed by atoms with van der Waals surface area (Å²) in [5.74, 6) is 0.671. The van der Waals surface area contributed by atoms with Crippen LogP contribution in [0.1, 0.15) is 12.0 Å². The van der Waals surface area contributed by atoms with Crippen LogP contribution in [-0.4, -0.2) is 36.1 Å². The van der Waals surface area contributed by atoms with Gasteiger partial charge in [0.2, 0.25) is 11.7 Å². The second-order valence-corrected chi connectivity index (χ2v) is 7.53. The molecule has 1 aromatic carbocycles. The van der Waals surface area contributed by atoms with Gasteiger partial charge in [0.05, 0.1) is 18.7 Å². The van der Waals surface area contributed by atoms with Gasteiger partial charge in [0.25, 0.3) is 0 Å². The normalized spacial score (nSPS) is 15.9. The van der Waals surface area contributed by atoms with Crippen LogP contribution in [0.5, 0.6) is 5.75 Å². The van der Waals surface area contributed by atoms with E-state index in [0.29, 0.717) is 12.5 Å². The van der Waals surface area contributed by atoms with E-state index in [2.05, 4.69) is 21.3 Å². The quantitative estimate of drug-likeness (QED) is 0.746. The van der Waals surface area contributed by atoms with E-state index >= 15 is 0 Å². The second-order valence-electron chi connectivity index (χ2n) is 6.96. The number of methoxy groups -OCH3 is 1. The molecule has 0 saturated heterocycles. The van der Waals surface area contributed by atoms with Gasteiger partial charge >= 0.3 is 5.56 Å². The van der Waals surface area contributed by atoms with Crippen LogP contribution in [0.15, 0.2) is 53.0 Å². The molecular weight excluding hydrogens is 376 g/mol. The molecule has 0 amide bonds. The van der Waals surface area contributed by atoms with E-state index in [1.807, 2.05) is 55.9 Å². The van der Waals surface area contributed by atoms with Gasteiger partial charge in [0, 0.05) is 32.0 Å². The molecular formula is C21H25ClN4O2. The standard InChI is InChI=1S/C21H25ClN4O2/c1-14-17(9-6-10-18(14)25(2)3)23-21-24-20(27)19(28-4)13-26(21)12-15-7-5-8-16(22)11-15/h5-10,13,16H,11-12H2,1-4H3,(H,23,24,27). The maximum atomic E-state index is 12.3. The summed E-state index contributed by atoms with van der Waals surface area (Å²) in [6, 6.07) is 6.00. The number of nitrogens with one attached hydrogen (secondary N) is 1. The number of allylic oxidation sites excluding steroid dienone is 4. The summed E-state index contributed by atoms with van der Waals surface area (Å²) in [4.78, 5) is 18.5. The maximum Gasteiger partial charge on any atom is 0.316 e. The van der Waals surface area contributed by atoms with Gasteiger partial charge in [0.15, 0.2) is 0 Å². The molecule has 1 heterocycles. The summed E-state index contributed by atoms with van der Waals surface area (Å²) in [7, 11) is 5.47. The lowest BCUT2D eigenvalue weighted by Crippen LogP contribution is -2.20. The lowest BCUT2D eigenvalue weighted by molar-refractivity contribution is 0.402. The zero-order chi connectivity index (χ0) is 20.3. The minimum atomic E-state index is -0.407.